The summed E-state index contributed by atoms with van der Waals surface area (Å²) in [6.07, 6.45) is 1.52. The van der Waals surface area contributed by atoms with E-state index in [1.54, 1.807) is 12.1 Å². The molecule has 2 heterocycles. The van der Waals surface area contributed by atoms with E-state index in [9.17, 15) is 4.79 Å². The van der Waals surface area contributed by atoms with Crippen LogP contribution in [0.15, 0.2) is 47.1 Å². The number of pyridine rings is 1. The molecular formula is C14H13N5O2. The molecule has 4 N–H and O–H groups in total. The first-order chi connectivity index (χ1) is 10.3. The number of carbonyl (C=O) groups excluding carboxylic acids is 1. The summed E-state index contributed by atoms with van der Waals surface area (Å²) in [6.45, 7) is 0.249. The van der Waals surface area contributed by atoms with E-state index >= 15 is 0 Å². The Hall–Kier alpha value is -2.93. The minimum absolute atomic E-state index is 0.249. The van der Waals surface area contributed by atoms with E-state index in [1.807, 2.05) is 24.3 Å². The summed E-state index contributed by atoms with van der Waals surface area (Å²) in [5, 5.41) is 7.14. The number of nitrogens with two attached hydrogens (primary N) is 1. The first-order valence-electron chi connectivity index (χ1n) is 6.32. The van der Waals surface area contributed by atoms with Gasteiger partial charge in [-0.3, -0.25) is 10.6 Å². The second-order valence-corrected chi connectivity index (χ2v) is 4.38. The summed E-state index contributed by atoms with van der Waals surface area (Å²) in [5.74, 6) is 5.76. The molecule has 2 aromatic heterocycles. The fourth-order valence-corrected chi connectivity index (χ4v) is 2.00. The molecule has 21 heavy (non-hydrogen) atoms. The highest BCUT2D eigenvalue weighted by molar-refractivity contribution is 5.99. The predicted molar refractivity (Wildman–Crippen MR) is 77.2 cm³/mol. The molecule has 1 amide bonds. The zero-order valence-corrected chi connectivity index (χ0v) is 11.0. The molecule has 0 aliphatic heterocycles. The van der Waals surface area contributed by atoms with Crippen LogP contribution in [0.2, 0.25) is 0 Å². The third kappa shape index (κ3) is 2.67. The van der Waals surface area contributed by atoms with Crippen molar-refractivity contribution in [1.82, 2.24) is 15.5 Å². The first-order valence-corrected chi connectivity index (χ1v) is 6.32. The number of rotatable bonds is 4. The molecule has 0 saturated heterocycles. The summed E-state index contributed by atoms with van der Waals surface area (Å²) >= 11 is 0. The molecule has 0 saturated carbocycles. The van der Waals surface area contributed by atoms with Crippen LogP contribution in [0.1, 0.15) is 16.2 Å². The number of hydrogen-bond acceptors (Lipinski definition) is 6. The summed E-state index contributed by atoms with van der Waals surface area (Å²) in [4.78, 5) is 16.5. The quantitative estimate of drug-likeness (QED) is 0.494. The lowest BCUT2D eigenvalue weighted by Gasteiger charge is -2.08. The number of para-hydroxylation sites is 1. The van der Waals surface area contributed by atoms with Crippen LogP contribution in [0, 0.1) is 0 Å². The van der Waals surface area contributed by atoms with Gasteiger partial charge in [0.25, 0.3) is 5.91 Å². The SMILES string of the molecule is NNc1cc(C(=O)NCc2ccno2)nc2ccccc12. The topological polar surface area (TPSA) is 106 Å². The van der Waals surface area contributed by atoms with E-state index in [0.717, 1.165) is 5.39 Å². The lowest BCUT2D eigenvalue weighted by Crippen LogP contribution is -2.24. The lowest BCUT2D eigenvalue weighted by atomic mass is 10.1. The average molecular weight is 283 g/mol. The molecule has 0 unspecified atom stereocenters. The van der Waals surface area contributed by atoms with Crippen molar-refractivity contribution in [1.29, 1.82) is 0 Å². The molecule has 3 rings (SSSR count). The number of nitrogen functional groups attached to an aromatic ring is 1. The van der Waals surface area contributed by atoms with Crippen molar-refractivity contribution in [2.75, 3.05) is 5.43 Å². The number of nitrogens with one attached hydrogen (secondary N) is 2. The Morgan fingerprint density at radius 1 is 1.29 bits per heavy atom. The van der Waals surface area contributed by atoms with Gasteiger partial charge in [-0.25, -0.2) is 4.98 Å². The fraction of sp³-hybridized carbons (Fsp3) is 0.0714. The van der Waals surface area contributed by atoms with Crippen molar-refractivity contribution in [2.45, 2.75) is 6.54 Å². The van der Waals surface area contributed by atoms with E-state index in [-0.39, 0.29) is 18.1 Å². The number of hydrazine groups is 1. The molecule has 0 spiro atoms. The standard InChI is InChI=1S/C14H13N5O2/c15-19-12-7-13(18-11-4-2-1-3-10(11)12)14(20)16-8-9-5-6-17-21-9/h1-7H,8,15H2,(H,16,20)(H,18,19). The van der Waals surface area contributed by atoms with Gasteiger partial charge in [0.1, 0.15) is 5.69 Å². The van der Waals surface area contributed by atoms with Crippen LogP contribution in [0.25, 0.3) is 10.9 Å². The molecule has 0 bridgehead atoms. The second-order valence-electron chi connectivity index (χ2n) is 4.38. The Morgan fingerprint density at radius 2 is 2.14 bits per heavy atom. The molecule has 0 fully saturated rings. The maximum atomic E-state index is 12.1. The molecule has 7 nitrogen and oxygen atoms in total. The van der Waals surface area contributed by atoms with Crippen molar-refractivity contribution in [2.24, 2.45) is 5.84 Å². The summed E-state index contributed by atoms with van der Waals surface area (Å²) in [7, 11) is 0. The normalized spacial score (nSPS) is 10.5. The van der Waals surface area contributed by atoms with Crippen LogP contribution in [0.5, 0.6) is 0 Å². The molecule has 0 atom stereocenters. The highest BCUT2D eigenvalue weighted by Crippen LogP contribution is 2.22. The molecule has 0 aliphatic carbocycles. The van der Waals surface area contributed by atoms with E-state index in [2.05, 4.69) is 20.9 Å². The number of fused-ring (bicyclic) bond motifs is 1. The monoisotopic (exact) mass is 283 g/mol. The number of hydrogen-bond donors (Lipinski definition) is 3. The maximum Gasteiger partial charge on any atom is 0.270 e. The van der Waals surface area contributed by atoms with Gasteiger partial charge < -0.3 is 15.3 Å². The average Bonchev–Trinajstić information content (AvgIpc) is 3.04. The van der Waals surface area contributed by atoms with Gasteiger partial charge in [-0.15, -0.1) is 0 Å². The van der Waals surface area contributed by atoms with Crippen LogP contribution in [-0.4, -0.2) is 16.0 Å². The Labute approximate surface area is 120 Å². The van der Waals surface area contributed by atoms with Crippen LogP contribution < -0.4 is 16.6 Å². The second kappa shape index (κ2) is 5.59. The minimum Gasteiger partial charge on any atom is -0.360 e. The van der Waals surface area contributed by atoms with Gasteiger partial charge in [0.05, 0.1) is 23.9 Å². The van der Waals surface area contributed by atoms with Crippen molar-refractivity contribution in [3.63, 3.8) is 0 Å². The number of aromatic nitrogens is 2. The molecule has 0 radical (unpaired) electrons. The summed E-state index contributed by atoms with van der Waals surface area (Å²) in [5.41, 5.74) is 4.20. The zero-order chi connectivity index (χ0) is 14.7. The van der Waals surface area contributed by atoms with Crippen LogP contribution in [-0.2, 0) is 6.54 Å². The maximum absolute atomic E-state index is 12.1. The number of nitrogens with zero attached hydrogens (tertiary/aromatic N) is 2. The molecule has 106 valence electrons. The number of benzene rings is 1. The van der Waals surface area contributed by atoms with E-state index in [0.29, 0.717) is 17.0 Å². The third-order valence-electron chi connectivity index (χ3n) is 3.02. The summed E-state index contributed by atoms with van der Waals surface area (Å²) in [6, 6.07) is 10.7. The molecule has 3 aromatic rings. The van der Waals surface area contributed by atoms with Crippen molar-refractivity contribution < 1.29 is 9.32 Å². The number of anilines is 1. The van der Waals surface area contributed by atoms with Gasteiger partial charge in [0.15, 0.2) is 5.76 Å². The Balaban J connectivity index is 1.87. The smallest absolute Gasteiger partial charge is 0.270 e. The highest BCUT2D eigenvalue weighted by Gasteiger charge is 2.12. The Bertz CT molecular complexity index is 770. The van der Waals surface area contributed by atoms with Gasteiger partial charge in [-0.1, -0.05) is 23.4 Å². The van der Waals surface area contributed by atoms with E-state index in [4.69, 9.17) is 10.4 Å². The van der Waals surface area contributed by atoms with Crippen LogP contribution in [0.4, 0.5) is 5.69 Å². The summed E-state index contributed by atoms with van der Waals surface area (Å²) < 4.78 is 4.92. The van der Waals surface area contributed by atoms with Crippen LogP contribution >= 0.6 is 0 Å². The van der Waals surface area contributed by atoms with Gasteiger partial charge in [0, 0.05) is 11.5 Å². The lowest BCUT2D eigenvalue weighted by molar-refractivity contribution is 0.0942. The minimum atomic E-state index is -0.311. The van der Waals surface area contributed by atoms with Crippen molar-refractivity contribution in [3.05, 3.63) is 54.0 Å². The van der Waals surface area contributed by atoms with Crippen molar-refractivity contribution in [3.8, 4) is 0 Å². The molecule has 7 heteroatoms. The van der Waals surface area contributed by atoms with Gasteiger partial charge in [-0.2, -0.15) is 0 Å². The van der Waals surface area contributed by atoms with E-state index in [1.165, 1.54) is 6.20 Å². The van der Waals surface area contributed by atoms with E-state index < -0.39 is 0 Å². The van der Waals surface area contributed by atoms with Gasteiger partial charge in [-0.05, 0) is 12.1 Å². The first kappa shape index (κ1) is 13.1. The molecule has 1 aromatic carbocycles. The molecular weight excluding hydrogens is 270 g/mol. The van der Waals surface area contributed by atoms with Gasteiger partial charge >= 0.3 is 0 Å². The fourth-order valence-electron chi connectivity index (χ4n) is 2.00. The molecule has 0 aliphatic rings. The zero-order valence-electron chi connectivity index (χ0n) is 11.0. The Morgan fingerprint density at radius 3 is 2.90 bits per heavy atom. The number of amides is 1. The van der Waals surface area contributed by atoms with Crippen LogP contribution in [0.3, 0.4) is 0 Å². The number of carbonyl (C=O) groups is 1. The van der Waals surface area contributed by atoms with Gasteiger partial charge in [0.2, 0.25) is 0 Å². The predicted octanol–water partition coefficient (Wildman–Crippen LogP) is 1.44. The Kier molecular flexibility index (Phi) is 3.48. The third-order valence-corrected chi connectivity index (χ3v) is 3.02. The van der Waals surface area contributed by atoms with Crippen molar-refractivity contribution >= 4 is 22.5 Å². The highest BCUT2D eigenvalue weighted by atomic mass is 16.5. The largest absolute Gasteiger partial charge is 0.360 e.